The number of anilines is 3. The van der Waals surface area contributed by atoms with Crippen LogP contribution in [0.4, 0.5) is 21.9 Å². The molecular weight excluding hydrogens is 634 g/mol. The van der Waals surface area contributed by atoms with Crippen molar-refractivity contribution in [1.82, 2.24) is 5.32 Å². The maximum atomic E-state index is 13.4. The van der Waals surface area contributed by atoms with E-state index in [2.05, 4.69) is 15.5 Å². The van der Waals surface area contributed by atoms with Gasteiger partial charge in [-0.2, -0.15) is 8.42 Å². The quantitative estimate of drug-likeness (QED) is 0.0922. The molecule has 3 aromatic carbocycles. The predicted octanol–water partition coefficient (Wildman–Crippen LogP) is 3.91. The first-order valence-electron chi connectivity index (χ1n) is 14.5. The summed E-state index contributed by atoms with van der Waals surface area (Å²) in [7, 11) is -0.976. The maximum Gasteiger partial charge on any atom is 0.319 e. The highest BCUT2D eigenvalue weighted by atomic mass is 32.2. The Balaban J connectivity index is 1.62. The van der Waals surface area contributed by atoms with E-state index in [1.54, 1.807) is 73.8 Å². The van der Waals surface area contributed by atoms with E-state index in [9.17, 15) is 32.9 Å². The van der Waals surface area contributed by atoms with Gasteiger partial charge in [0.1, 0.15) is 17.5 Å². The molecule has 0 aliphatic heterocycles. The van der Waals surface area contributed by atoms with Crippen LogP contribution in [0, 0.1) is 10.1 Å². The molecule has 3 aromatic rings. The van der Waals surface area contributed by atoms with Crippen LogP contribution in [0.5, 0.6) is 5.75 Å². The summed E-state index contributed by atoms with van der Waals surface area (Å²) < 4.78 is 35.7. The molecule has 2 N–H and O–H groups in total. The fourth-order valence-electron chi connectivity index (χ4n) is 4.22. The average molecular weight is 672 g/mol. The van der Waals surface area contributed by atoms with E-state index < -0.39 is 38.9 Å². The SMILES string of the molecule is COc1cccc(N(CC(=O)N(C)c2ccccc2)C(=O)CNC(=O)Nc2cccc(C(C)S(=O)(=O)OCCCCO[N+](=O)[O-])c2)c1. The Bertz CT molecular complexity index is 1640. The van der Waals surface area contributed by atoms with Gasteiger partial charge in [0, 0.05) is 30.2 Å². The Kier molecular flexibility index (Phi) is 13.5. The van der Waals surface area contributed by atoms with Gasteiger partial charge in [0.15, 0.2) is 0 Å². The second-order valence-corrected chi connectivity index (χ2v) is 12.1. The monoisotopic (exact) mass is 671 g/mol. The Morgan fingerprint density at radius 3 is 2.30 bits per heavy atom. The number of amides is 4. The number of carbonyl (C=O) groups is 3. The van der Waals surface area contributed by atoms with Crippen LogP contribution in [-0.2, 0) is 28.7 Å². The van der Waals surface area contributed by atoms with Crippen molar-refractivity contribution in [3.63, 3.8) is 0 Å². The first-order valence-corrected chi connectivity index (χ1v) is 15.9. The number of hydrogen-bond donors (Lipinski definition) is 2. The van der Waals surface area contributed by atoms with E-state index >= 15 is 0 Å². The van der Waals surface area contributed by atoms with Crippen LogP contribution in [0.1, 0.15) is 30.6 Å². The number of nitrogens with zero attached hydrogens (tertiary/aromatic N) is 3. The Morgan fingerprint density at radius 1 is 0.915 bits per heavy atom. The molecule has 15 nitrogen and oxygen atoms in total. The van der Waals surface area contributed by atoms with E-state index in [-0.39, 0.29) is 44.2 Å². The molecule has 0 heterocycles. The van der Waals surface area contributed by atoms with Crippen molar-refractivity contribution in [2.45, 2.75) is 25.0 Å². The minimum Gasteiger partial charge on any atom is -0.497 e. The van der Waals surface area contributed by atoms with E-state index in [1.165, 1.54) is 29.9 Å². The van der Waals surface area contributed by atoms with Gasteiger partial charge in [-0.05, 0) is 61.7 Å². The molecule has 0 bridgehead atoms. The number of urea groups is 1. The molecule has 252 valence electrons. The third-order valence-corrected chi connectivity index (χ3v) is 8.54. The first-order chi connectivity index (χ1) is 22.4. The number of benzene rings is 3. The van der Waals surface area contributed by atoms with Gasteiger partial charge in [0.25, 0.3) is 15.2 Å². The highest BCUT2D eigenvalue weighted by Gasteiger charge is 2.25. The van der Waals surface area contributed by atoms with Crippen molar-refractivity contribution in [3.05, 3.63) is 94.5 Å². The van der Waals surface area contributed by atoms with Crippen molar-refractivity contribution in [1.29, 1.82) is 0 Å². The van der Waals surface area contributed by atoms with E-state index in [4.69, 9.17) is 8.92 Å². The molecule has 47 heavy (non-hydrogen) atoms. The third kappa shape index (κ3) is 11.3. The van der Waals surface area contributed by atoms with Crippen molar-refractivity contribution >= 4 is 45.0 Å². The molecule has 0 fully saturated rings. The van der Waals surface area contributed by atoms with Crippen molar-refractivity contribution < 1.29 is 41.6 Å². The van der Waals surface area contributed by atoms with Gasteiger partial charge in [-0.25, -0.2) is 4.79 Å². The summed E-state index contributed by atoms with van der Waals surface area (Å²) in [6, 6.07) is 20.9. The van der Waals surface area contributed by atoms with Crippen LogP contribution in [0.15, 0.2) is 78.9 Å². The molecule has 16 heteroatoms. The van der Waals surface area contributed by atoms with Crippen LogP contribution < -0.4 is 25.2 Å². The van der Waals surface area contributed by atoms with Gasteiger partial charge in [-0.15, -0.1) is 10.1 Å². The van der Waals surface area contributed by atoms with Crippen LogP contribution in [0.3, 0.4) is 0 Å². The predicted molar refractivity (Wildman–Crippen MR) is 174 cm³/mol. The molecule has 0 aliphatic rings. The molecule has 1 atom stereocenters. The third-order valence-electron chi connectivity index (χ3n) is 6.91. The lowest BCUT2D eigenvalue weighted by Gasteiger charge is -2.26. The summed E-state index contributed by atoms with van der Waals surface area (Å²) in [4.78, 5) is 56.3. The number of rotatable bonds is 17. The summed E-state index contributed by atoms with van der Waals surface area (Å²) in [5.74, 6) is -0.469. The zero-order chi connectivity index (χ0) is 34.4. The number of nitrogens with one attached hydrogen (secondary N) is 2. The summed E-state index contributed by atoms with van der Waals surface area (Å²) in [5.41, 5.74) is 1.63. The van der Waals surface area contributed by atoms with Crippen molar-refractivity contribution in [3.8, 4) is 5.75 Å². The standard InChI is InChI=1S/C31H37N5O10S/c1-23(47(42,43)46-18-8-7-17-45-36(40)41)24-11-9-12-25(19-24)33-31(39)32-21-29(37)35(27-15-10-16-28(20-27)44-3)22-30(38)34(2)26-13-5-4-6-14-26/h4-6,9-16,19-20,23H,7-8,17-18,21-22H2,1-3H3,(H2,32,33,39). The summed E-state index contributed by atoms with van der Waals surface area (Å²) in [6.45, 7) is 0.298. The molecule has 0 saturated heterocycles. The molecular formula is C31H37N5O10S. The zero-order valence-electron chi connectivity index (χ0n) is 26.2. The van der Waals surface area contributed by atoms with E-state index in [1.807, 2.05) is 6.07 Å². The van der Waals surface area contributed by atoms with Gasteiger partial charge in [-0.1, -0.05) is 36.4 Å². The van der Waals surface area contributed by atoms with Gasteiger partial charge in [0.05, 0.1) is 26.9 Å². The zero-order valence-corrected chi connectivity index (χ0v) is 27.0. The summed E-state index contributed by atoms with van der Waals surface area (Å²) >= 11 is 0. The van der Waals surface area contributed by atoms with Gasteiger partial charge in [0.2, 0.25) is 11.8 Å². The van der Waals surface area contributed by atoms with Crippen molar-refractivity contribution in [2.24, 2.45) is 0 Å². The smallest absolute Gasteiger partial charge is 0.319 e. The lowest BCUT2D eigenvalue weighted by molar-refractivity contribution is -0.757. The van der Waals surface area contributed by atoms with Gasteiger partial charge < -0.3 is 30.0 Å². The van der Waals surface area contributed by atoms with Crippen LogP contribution >= 0.6 is 0 Å². The fourth-order valence-corrected chi connectivity index (χ4v) is 5.26. The average Bonchev–Trinajstić information content (AvgIpc) is 3.07. The summed E-state index contributed by atoms with van der Waals surface area (Å²) in [5, 5.41) is 13.2. The van der Waals surface area contributed by atoms with E-state index in [0.717, 1.165) is 0 Å². The Labute approximate surface area is 272 Å². The molecule has 0 aliphatic carbocycles. The number of hydrogen-bond acceptors (Lipinski definition) is 10. The minimum absolute atomic E-state index is 0.171. The van der Waals surface area contributed by atoms with E-state index in [0.29, 0.717) is 22.7 Å². The minimum atomic E-state index is -4.05. The number of carbonyl (C=O) groups excluding carboxylic acids is 3. The highest BCUT2D eigenvalue weighted by molar-refractivity contribution is 7.87. The molecule has 0 spiro atoms. The lowest BCUT2D eigenvalue weighted by Crippen LogP contribution is -2.46. The lowest BCUT2D eigenvalue weighted by atomic mass is 10.1. The molecule has 0 radical (unpaired) electrons. The fraction of sp³-hybridized carbons (Fsp3) is 0.323. The number of para-hydroxylation sites is 1. The number of ether oxygens (including phenoxy) is 1. The molecule has 3 rings (SSSR count). The highest BCUT2D eigenvalue weighted by Crippen LogP contribution is 2.26. The largest absolute Gasteiger partial charge is 0.497 e. The molecule has 1 unspecified atom stereocenters. The summed E-state index contributed by atoms with van der Waals surface area (Å²) in [6.07, 6.45) is 0.466. The second kappa shape index (κ2) is 17.5. The van der Waals surface area contributed by atoms with Crippen LogP contribution in [-0.4, -0.2) is 71.8 Å². The van der Waals surface area contributed by atoms with Crippen molar-refractivity contribution in [2.75, 3.05) is 55.6 Å². The molecule has 4 amide bonds. The van der Waals surface area contributed by atoms with Gasteiger partial charge in [-0.3, -0.25) is 13.8 Å². The Morgan fingerprint density at radius 2 is 1.60 bits per heavy atom. The normalized spacial score (nSPS) is 11.6. The maximum absolute atomic E-state index is 13.4. The van der Waals surface area contributed by atoms with Crippen LogP contribution in [0.2, 0.25) is 0 Å². The number of likely N-dealkylation sites (N-methyl/N-ethyl adjacent to an activating group) is 1. The van der Waals surface area contributed by atoms with Gasteiger partial charge >= 0.3 is 6.03 Å². The Hall–Kier alpha value is -5.22. The number of methoxy groups -OCH3 is 1. The topological polar surface area (TPSA) is 187 Å². The first kappa shape index (κ1) is 36.3. The molecule has 0 aromatic heterocycles. The second-order valence-electron chi connectivity index (χ2n) is 10.1. The number of unbranched alkanes of at least 4 members (excludes halogenated alkanes) is 1. The molecule has 0 saturated carbocycles. The van der Waals surface area contributed by atoms with Crippen LogP contribution in [0.25, 0.3) is 0 Å².